The van der Waals surface area contributed by atoms with E-state index in [-0.39, 0.29) is 11.4 Å². The Bertz CT molecular complexity index is 456. The maximum Gasteiger partial charge on any atom is 0.255 e. The van der Waals surface area contributed by atoms with Crippen LogP contribution in [-0.4, -0.2) is 32.2 Å². The van der Waals surface area contributed by atoms with E-state index < -0.39 is 0 Å². The Morgan fingerprint density at radius 1 is 1.25 bits per heavy atom. The number of hydrogen-bond acceptors (Lipinski definition) is 4. The number of nitrogens with two attached hydrogens (primary N) is 1. The van der Waals surface area contributed by atoms with Crippen LogP contribution in [0.25, 0.3) is 0 Å². The standard InChI is InChI=1S/C15H24N2O3/c1-5-15(16,6-2)10-17-14(18)12-9-11(19-3)7-8-13(12)20-4/h7-9H,5-6,10,16H2,1-4H3,(H,17,18). The largest absolute Gasteiger partial charge is 0.497 e. The lowest BCUT2D eigenvalue weighted by Crippen LogP contribution is -2.49. The Hall–Kier alpha value is -1.75. The van der Waals surface area contributed by atoms with E-state index in [0.717, 1.165) is 12.8 Å². The van der Waals surface area contributed by atoms with Gasteiger partial charge in [-0.2, -0.15) is 0 Å². The molecule has 5 heteroatoms. The van der Waals surface area contributed by atoms with E-state index in [0.29, 0.717) is 23.6 Å². The molecule has 0 fully saturated rings. The molecule has 112 valence electrons. The van der Waals surface area contributed by atoms with Crippen molar-refractivity contribution in [1.29, 1.82) is 0 Å². The molecule has 1 amide bonds. The average molecular weight is 280 g/mol. The van der Waals surface area contributed by atoms with Crippen LogP contribution < -0.4 is 20.5 Å². The van der Waals surface area contributed by atoms with Crippen molar-refractivity contribution < 1.29 is 14.3 Å². The van der Waals surface area contributed by atoms with Gasteiger partial charge in [-0.1, -0.05) is 13.8 Å². The number of methoxy groups -OCH3 is 2. The number of nitrogens with one attached hydrogen (secondary N) is 1. The lowest BCUT2D eigenvalue weighted by molar-refractivity contribution is 0.0938. The van der Waals surface area contributed by atoms with Crippen LogP contribution in [0.4, 0.5) is 0 Å². The van der Waals surface area contributed by atoms with E-state index in [4.69, 9.17) is 15.2 Å². The third kappa shape index (κ3) is 3.87. The van der Waals surface area contributed by atoms with Crippen LogP contribution in [-0.2, 0) is 0 Å². The predicted molar refractivity (Wildman–Crippen MR) is 79.4 cm³/mol. The Balaban J connectivity index is 2.86. The van der Waals surface area contributed by atoms with Crippen molar-refractivity contribution in [3.63, 3.8) is 0 Å². The SMILES string of the molecule is CCC(N)(CC)CNC(=O)c1cc(OC)ccc1OC. The quantitative estimate of drug-likeness (QED) is 0.800. The van der Waals surface area contributed by atoms with Gasteiger partial charge in [0.25, 0.3) is 5.91 Å². The zero-order valence-electron chi connectivity index (χ0n) is 12.7. The number of amides is 1. The second-order valence-electron chi connectivity index (χ2n) is 4.82. The maximum atomic E-state index is 12.3. The Labute approximate surface area is 120 Å². The molecule has 1 aromatic rings. The average Bonchev–Trinajstić information content (AvgIpc) is 2.51. The fourth-order valence-corrected chi connectivity index (χ4v) is 1.84. The van der Waals surface area contributed by atoms with Crippen molar-refractivity contribution in [2.24, 2.45) is 5.73 Å². The smallest absolute Gasteiger partial charge is 0.255 e. The van der Waals surface area contributed by atoms with Gasteiger partial charge in [-0.15, -0.1) is 0 Å². The van der Waals surface area contributed by atoms with Crippen molar-refractivity contribution in [1.82, 2.24) is 5.32 Å². The third-order valence-electron chi connectivity index (χ3n) is 3.66. The van der Waals surface area contributed by atoms with Crippen molar-refractivity contribution in [3.05, 3.63) is 23.8 Å². The number of benzene rings is 1. The summed E-state index contributed by atoms with van der Waals surface area (Å²) in [5, 5.41) is 2.87. The molecule has 0 saturated heterocycles. The summed E-state index contributed by atoms with van der Waals surface area (Å²) in [6.45, 7) is 4.46. The molecule has 0 heterocycles. The first-order chi connectivity index (χ1) is 9.49. The normalized spacial score (nSPS) is 11.1. The van der Waals surface area contributed by atoms with Crippen molar-refractivity contribution in [2.75, 3.05) is 20.8 Å². The number of carbonyl (C=O) groups excluding carboxylic acids is 1. The Morgan fingerprint density at radius 3 is 2.40 bits per heavy atom. The van der Waals surface area contributed by atoms with Gasteiger partial charge in [0.05, 0.1) is 19.8 Å². The van der Waals surface area contributed by atoms with Gasteiger partial charge >= 0.3 is 0 Å². The molecular weight excluding hydrogens is 256 g/mol. The molecule has 0 bridgehead atoms. The molecule has 1 rings (SSSR count). The van der Waals surface area contributed by atoms with Crippen LogP contribution in [0.15, 0.2) is 18.2 Å². The summed E-state index contributed by atoms with van der Waals surface area (Å²) in [6.07, 6.45) is 1.61. The van der Waals surface area contributed by atoms with Crippen LogP contribution in [0.3, 0.4) is 0 Å². The van der Waals surface area contributed by atoms with Gasteiger partial charge in [-0.05, 0) is 31.0 Å². The minimum atomic E-state index is -0.373. The van der Waals surface area contributed by atoms with Crippen LogP contribution in [0.5, 0.6) is 11.5 Å². The molecule has 1 aromatic carbocycles. The van der Waals surface area contributed by atoms with Crippen molar-refractivity contribution in [2.45, 2.75) is 32.2 Å². The number of rotatable bonds is 7. The summed E-state index contributed by atoms with van der Waals surface area (Å²) in [4.78, 5) is 12.3. The topological polar surface area (TPSA) is 73.6 Å². The van der Waals surface area contributed by atoms with Gasteiger partial charge < -0.3 is 20.5 Å². The second-order valence-corrected chi connectivity index (χ2v) is 4.82. The molecule has 0 aromatic heterocycles. The highest BCUT2D eigenvalue weighted by Crippen LogP contribution is 2.24. The highest BCUT2D eigenvalue weighted by atomic mass is 16.5. The van der Waals surface area contributed by atoms with E-state index in [1.54, 1.807) is 25.3 Å². The number of ether oxygens (including phenoxy) is 2. The molecule has 0 spiro atoms. The summed E-state index contributed by atoms with van der Waals surface area (Å²) >= 11 is 0. The molecule has 0 aliphatic rings. The Morgan fingerprint density at radius 2 is 1.90 bits per heavy atom. The molecular formula is C15H24N2O3. The molecule has 0 atom stereocenters. The highest BCUT2D eigenvalue weighted by Gasteiger charge is 2.22. The van der Waals surface area contributed by atoms with Crippen LogP contribution in [0.1, 0.15) is 37.0 Å². The molecule has 20 heavy (non-hydrogen) atoms. The summed E-state index contributed by atoms with van der Waals surface area (Å²) in [5.41, 5.74) is 6.25. The first-order valence-corrected chi connectivity index (χ1v) is 6.78. The van der Waals surface area contributed by atoms with Gasteiger partial charge in [-0.3, -0.25) is 4.79 Å². The van der Waals surface area contributed by atoms with Crippen LogP contribution in [0, 0.1) is 0 Å². The van der Waals surface area contributed by atoms with Crippen molar-refractivity contribution in [3.8, 4) is 11.5 Å². The molecule has 0 saturated carbocycles. The van der Waals surface area contributed by atoms with Crippen LogP contribution in [0.2, 0.25) is 0 Å². The van der Waals surface area contributed by atoms with E-state index >= 15 is 0 Å². The first-order valence-electron chi connectivity index (χ1n) is 6.78. The van der Waals surface area contributed by atoms with Gasteiger partial charge in [0.2, 0.25) is 0 Å². The third-order valence-corrected chi connectivity index (χ3v) is 3.66. The van der Waals surface area contributed by atoms with Crippen molar-refractivity contribution >= 4 is 5.91 Å². The fourth-order valence-electron chi connectivity index (χ4n) is 1.84. The number of hydrogen-bond donors (Lipinski definition) is 2. The molecule has 5 nitrogen and oxygen atoms in total. The Kier molecular flexibility index (Phi) is 5.82. The van der Waals surface area contributed by atoms with E-state index in [1.165, 1.54) is 7.11 Å². The summed E-state index contributed by atoms with van der Waals surface area (Å²) in [6, 6.07) is 5.12. The fraction of sp³-hybridized carbons (Fsp3) is 0.533. The van der Waals surface area contributed by atoms with Gasteiger partial charge in [0.1, 0.15) is 11.5 Å². The minimum absolute atomic E-state index is 0.211. The monoisotopic (exact) mass is 280 g/mol. The van der Waals surface area contributed by atoms with Crippen LogP contribution >= 0.6 is 0 Å². The minimum Gasteiger partial charge on any atom is -0.497 e. The van der Waals surface area contributed by atoms with E-state index in [9.17, 15) is 4.79 Å². The van der Waals surface area contributed by atoms with Gasteiger partial charge in [0, 0.05) is 12.1 Å². The van der Waals surface area contributed by atoms with E-state index in [1.807, 2.05) is 13.8 Å². The van der Waals surface area contributed by atoms with Gasteiger partial charge in [0.15, 0.2) is 0 Å². The summed E-state index contributed by atoms with van der Waals surface area (Å²) < 4.78 is 10.3. The molecule has 0 aliphatic heterocycles. The molecule has 0 aliphatic carbocycles. The summed E-state index contributed by atoms with van der Waals surface area (Å²) in [7, 11) is 3.09. The highest BCUT2D eigenvalue weighted by molar-refractivity contribution is 5.97. The lowest BCUT2D eigenvalue weighted by atomic mass is 9.94. The number of carbonyl (C=O) groups is 1. The zero-order valence-corrected chi connectivity index (χ0v) is 12.7. The zero-order chi connectivity index (χ0) is 15.2. The molecule has 0 radical (unpaired) electrons. The summed E-state index contributed by atoms with van der Waals surface area (Å²) in [5.74, 6) is 0.914. The molecule has 0 unspecified atom stereocenters. The maximum absolute atomic E-state index is 12.3. The predicted octanol–water partition coefficient (Wildman–Crippen LogP) is 1.95. The second kappa shape index (κ2) is 7.14. The van der Waals surface area contributed by atoms with Gasteiger partial charge in [-0.25, -0.2) is 0 Å². The molecule has 3 N–H and O–H groups in total. The van der Waals surface area contributed by atoms with E-state index in [2.05, 4.69) is 5.32 Å². The first kappa shape index (κ1) is 16.3. The lowest BCUT2D eigenvalue weighted by Gasteiger charge is -2.27.